The van der Waals surface area contributed by atoms with Crippen LogP contribution in [-0.2, 0) is 13.5 Å². The molecule has 1 aromatic heterocycles. The fourth-order valence-electron chi connectivity index (χ4n) is 2.27. The highest BCUT2D eigenvalue weighted by molar-refractivity contribution is 4.98. The Morgan fingerprint density at radius 2 is 2.00 bits per heavy atom. The van der Waals surface area contributed by atoms with E-state index in [-0.39, 0.29) is 5.54 Å². The third-order valence-corrected chi connectivity index (χ3v) is 3.69. The van der Waals surface area contributed by atoms with E-state index in [9.17, 15) is 5.11 Å². The minimum Gasteiger partial charge on any atom is -0.391 e. The van der Waals surface area contributed by atoms with Crippen molar-refractivity contribution in [3.05, 3.63) is 18.2 Å². The van der Waals surface area contributed by atoms with Gasteiger partial charge < -0.3 is 9.67 Å². The van der Waals surface area contributed by atoms with E-state index in [1.165, 1.54) is 0 Å². The molecule has 0 radical (unpaired) electrons. The standard InChI is InChI=1S/C13H25N3O/c1-6-16(7-2)13(3,4)11(17)10-12-14-8-9-15(12)5/h8-9,11,17H,6-7,10H2,1-5H3. The van der Waals surface area contributed by atoms with Crippen molar-refractivity contribution in [1.82, 2.24) is 14.5 Å². The molecule has 1 atom stereocenters. The Morgan fingerprint density at radius 3 is 2.41 bits per heavy atom. The monoisotopic (exact) mass is 239 g/mol. The van der Waals surface area contributed by atoms with E-state index in [2.05, 4.69) is 37.6 Å². The van der Waals surface area contributed by atoms with Crippen molar-refractivity contribution in [2.24, 2.45) is 7.05 Å². The zero-order valence-corrected chi connectivity index (χ0v) is 11.6. The molecule has 1 aromatic rings. The summed E-state index contributed by atoms with van der Waals surface area (Å²) in [4.78, 5) is 6.54. The summed E-state index contributed by atoms with van der Waals surface area (Å²) in [5.74, 6) is 0.928. The summed E-state index contributed by atoms with van der Waals surface area (Å²) in [6.07, 6.45) is 3.86. The number of aryl methyl sites for hydroxylation is 1. The number of aliphatic hydroxyl groups is 1. The Balaban J connectivity index is 2.75. The first-order valence-electron chi connectivity index (χ1n) is 6.32. The molecule has 0 aliphatic heterocycles. The van der Waals surface area contributed by atoms with Crippen LogP contribution in [-0.4, -0.2) is 44.3 Å². The van der Waals surface area contributed by atoms with Gasteiger partial charge in [0, 0.05) is 31.4 Å². The Morgan fingerprint density at radius 1 is 1.41 bits per heavy atom. The number of likely N-dealkylation sites (N-methyl/N-ethyl adjacent to an activating group) is 1. The van der Waals surface area contributed by atoms with Crippen LogP contribution in [0.5, 0.6) is 0 Å². The van der Waals surface area contributed by atoms with Crippen LogP contribution in [0.4, 0.5) is 0 Å². The predicted octanol–water partition coefficient (Wildman–Crippen LogP) is 1.44. The molecule has 1 unspecified atom stereocenters. The van der Waals surface area contributed by atoms with Crippen LogP contribution in [0.15, 0.2) is 12.4 Å². The van der Waals surface area contributed by atoms with Crippen molar-refractivity contribution < 1.29 is 5.11 Å². The Hall–Kier alpha value is -0.870. The number of rotatable bonds is 6. The average molecular weight is 239 g/mol. The Bertz CT molecular complexity index is 342. The van der Waals surface area contributed by atoms with Gasteiger partial charge in [-0.2, -0.15) is 0 Å². The van der Waals surface area contributed by atoms with Crippen LogP contribution in [0.25, 0.3) is 0 Å². The van der Waals surface area contributed by atoms with Gasteiger partial charge >= 0.3 is 0 Å². The summed E-state index contributed by atoms with van der Waals surface area (Å²) in [5, 5.41) is 10.4. The lowest BCUT2D eigenvalue weighted by molar-refractivity contribution is -0.00547. The van der Waals surface area contributed by atoms with Crippen LogP contribution < -0.4 is 0 Å². The molecule has 0 fully saturated rings. The second-order valence-corrected chi connectivity index (χ2v) is 5.00. The third kappa shape index (κ3) is 3.07. The number of aromatic nitrogens is 2. The van der Waals surface area contributed by atoms with Crippen LogP contribution in [0, 0.1) is 0 Å². The molecular weight excluding hydrogens is 214 g/mol. The molecule has 0 spiro atoms. The summed E-state index contributed by atoms with van der Waals surface area (Å²) in [6, 6.07) is 0. The highest BCUT2D eigenvalue weighted by atomic mass is 16.3. The van der Waals surface area contributed by atoms with Gasteiger partial charge in [-0.3, -0.25) is 4.90 Å². The van der Waals surface area contributed by atoms with Crippen molar-refractivity contribution in [3.63, 3.8) is 0 Å². The van der Waals surface area contributed by atoms with Gasteiger partial charge in [0.05, 0.1) is 6.10 Å². The summed E-state index contributed by atoms with van der Waals surface area (Å²) < 4.78 is 1.96. The molecule has 4 heteroatoms. The first-order chi connectivity index (χ1) is 7.93. The van der Waals surface area contributed by atoms with Crippen LogP contribution in [0.1, 0.15) is 33.5 Å². The first kappa shape index (κ1) is 14.2. The van der Waals surface area contributed by atoms with Crippen molar-refractivity contribution in [3.8, 4) is 0 Å². The maximum absolute atomic E-state index is 10.4. The van der Waals surface area contributed by atoms with E-state index < -0.39 is 6.10 Å². The highest BCUT2D eigenvalue weighted by Crippen LogP contribution is 2.21. The van der Waals surface area contributed by atoms with Crippen LogP contribution in [0.3, 0.4) is 0 Å². The van der Waals surface area contributed by atoms with E-state index in [0.717, 1.165) is 18.9 Å². The molecule has 0 bridgehead atoms. The molecule has 0 aromatic carbocycles. The first-order valence-corrected chi connectivity index (χ1v) is 6.32. The van der Waals surface area contributed by atoms with E-state index >= 15 is 0 Å². The second kappa shape index (κ2) is 5.65. The number of hydrogen-bond donors (Lipinski definition) is 1. The molecule has 0 saturated heterocycles. The summed E-state index contributed by atoms with van der Waals surface area (Å²) in [5.41, 5.74) is -0.227. The maximum atomic E-state index is 10.4. The lowest BCUT2D eigenvalue weighted by atomic mass is 9.92. The molecule has 1 rings (SSSR count). The minimum absolute atomic E-state index is 0.227. The van der Waals surface area contributed by atoms with Crippen molar-refractivity contribution in [2.45, 2.75) is 45.8 Å². The molecule has 1 N–H and O–H groups in total. The average Bonchev–Trinajstić information content (AvgIpc) is 2.65. The Kier molecular flexibility index (Phi) is 4.71. The molecule has 0 saturated carbocycles. The van der Waals surface area contributed by atoms with Crippen molar-refractivity contribution in [1.29, 1.82) is 0 Å². The van der Waals surface area contributed by atoms with E-state index in [0.29, 0.717) is 6.42 Å². The quantitative estimate of drug-likeness (QED) is 0.817. The highest BCUT2D eigenvalue weighted by Gasteiger charge is 2.33. The summed E-state index contributed by atoms with van der Waals surface area (Å²) >= 11 is 0. The topological polar surface area (TPSA) is 41.3 Å². The number of imidazole rings is 1. The molecule has 98 valence electrons. The molecule has 1 heterocycles. The molecule has 0 aliphatic rings. The third-order valence-electron chi connectivity index (χ3n) is 3.69. The van der Waals surface area contributed by atoms with Crippen LogP contribution >= 0.6 is 0 Å². The van der Waals surface area contributed by atoms with Gasteiger partial charge in [-0.25, -0.2) is 4.98 Å². The number of hydrogen-bond acceptors (Lipinski definition) is 3. The second-order valence-electron chi connectivity index (χ2n) is 5.00. The lowest BCUT2D eigenvalue weighted by Gasteiger charge is -2.40. The minimum atomic E-state index is -0.413. The SMILES string of the molecule is CCN(CC)C(C)(C)C(O)Cc1nccn1C. The van der Waals surface area contributed by atoms with Crippen molar-refractivity contribution in [2.75, 3.05) is 13.1 Å². The Labute approximate surface area is 104 Å². The normalized spacial score (nSPS) is 14.3. The summed E-state index contributed by atoms with van der Waals surface area (Å²) in [6.45, 7) is 10.3. The van der Waals surface area contributed by atoms with E-state index in [4.69, 9.17) is 0 Å². The van der Waals surface area contributed by atoms with E-state index in [1.807, 2.05) is 17.8 Å². The number of aliphatic hydroxyl groups excluding tert-OH is 1. The maximum Gasteiger partial charge on any atom is 0.111 e. The van der Waals surface area contributed by atoms with Gasteiger partial charge in [0.15, 0.2) is 0 Å². The fourth-order valence-corrected chi connectivity index (χ4v) is 2.27. The summed E-state index contributed by atoms with van der Waals surface area (Å²) in [7, 11) is 1.96. The fraction of sp³-hybridized carbons (Fsp3) is 0.769. The van der Waals surface area contributed by atoms with Crippen molar-refractivity contribution >= 4 is 0 Å². The van der Waals surface area contributed by atoms with Gasteiger partial charge in [0.1, 0.15) is 5.82 Å². The molecular formula is C13H25N3O. The molecule has 0 aliphatic carbocycles. The largest absolute Gasteiger partial charge is 0.391 e. The predicted molar refractivity (Wildman–Crippen MR) is 69.9 cm³/mol. The van der Waals surface area contributed by atoms with Gasteiger partial charge in [-0.15, -0.1) is 0 Å². The molecule has 0 amide bonds. The zero-order valence-electron chi connectivity index (χ0n) is 11.6. The van der Waals surface area contributed by atoms with Gasteiger partial charge in [0.25, 0.3) is 0 Å². The molecule has 4 nitrogen and oxygen atoms in total. The van der Waals surface area contributed by atoms with E-state index in [1.54, 1.807) is 6.20 Å². The van der Waals surface area contributed by atoms with Gasteiger partial charge in [-0.05, 0) is 26.9 Å². The smallest absolute Gasteiger partial charge is 0.111 e. The zero-order chi connectivity index (χ0) is 13.1. The van der Waals surface area contributed by atoms with Gasteiger partial charge in [0.2, 0.25) is 0 Å². The lowest BCUT2D eigenvalue weighted by Crippen LogP contribution is -2.53. The van der Waals surface area contributed by atoms with Gasteiger partial charge in [-0.1, -0.05) is 13.8 Å². The number of nitrogens with zero attached hydrogens (tertiary/aromatic N) is 3. The van der Waals surface area contributed by atoms with Crippen LogP contribution in [0.2, 0.25) is 0 Å². The molecule has 17 heavy (non-hydrogen) atoms.